The highest BCUT2D eigenvalue weighted by Gasteiger charge is 2.46. The molecule has 3 aromatic rings. The third-order valence-electron chi connectivity index (χ3n) is 6.12. The molecule has 2 aliphatic rings. The van der Waals surface area contributed by atoms with Crippen LogP contribution >= 0.6 is 0 Å². The van der Waals surface area contributed by atoms with Crippen LogP contribution in [0.4, 0.5) is 0 Å². The van der Waals surface area contributed by atoms with Gasteiger partial charge in [0.2, 0.25) is 11.8 Å². The van der Waals surface area contributed by atoms with Crippen LogP contribution in [0.1, 0.15) is 35.3 Å². The van der Waals surface area contributed by atoms with Gasteiger partial charge >= 0.3 is 0 Å². The summed E-state index contributed by atoms with van der Waals surface area (Å²) < 4.78 is 0. The van der Waals surface area contributed by atoms with Crippen molar-refractivity contribution >= 4 is 22.7 Å². The molecular weight excluding hydrogens is 350 g/mol. The summed E-state index contributed by atoms with van der Waals surface area (Å²) in [5, 5.41) is 1.15. The van der Waals surface area contributed by atoms with Crippen LogP contribution in [0, 0.1) is 6.92 Å². The van der Waals surface area contributed by atoms with Gasteiger partial charge in [-0.25, -0.2) is 0 Å². The molecule has 1 aromatic heterocycles. The number of benzene rings is 2. The van der Waals surface area contributed by atoms with Crippen LogP contribution in [0.5, 0.6) is 0 Å². The van der Waals surface area contributed by atoms with E-state index in [4.69, 9.17) is 0 Å². The normalized spacial score (nSPS) is 21.8. The third-order valence-corrected chi connectivity index (χ3v) is 6.12. The molecule has 28 heavy (non-hydrogen) atoms. The maximum atomic E-state index is 13.3. The number of H-pyrrole nitrogens is 1. The summed E-state index contributed by atoms with van der Waals surface area (Å²) >= 11 is 0. The van der Waals surface area contributed by atoms with Crippen LogP contribution in [-0.4, -0.2) is 39.2 Å². The van der Waals surface area contributed by atoms with Crippen molar-refractivity contribution in [1.29, 1.82) is 0 Å². The fourth-order valence-corrected chi connectivity index (χ4v) is 4.68. The summed E-state index contributed by atoms with van der Waals surface area (Å²) in [5.74, 6) is 0.0662. The molecule has 0 bridgehead atoms. The van der Waals surface area contributed by atoms with E-state index in [9.17, 15) is 9.59 Å². The second kappa shape index (κ2) is 6.23. The lowest BCUT2D eigenvalue weighted by Gasteiger charge is -2.46. The molecule has 1 fully saturated rings. The Hall–Kier alpha value is -3.08. The van der Waals surface area contributed by atoms with Gasteiger partial charge < -0.3 is 14.8 Å². The zero-order valence-corrected chi connectivity index (χ0v) is 16.1. The predicted molar refractivity (Wildman–Crippen MR) is 108 cm³/mol. The third kappa shape index (κ3) is 2.53. The number of para-hydroxylation sites is 1. The summed E-state index contributed by atoms with van der Waals surface area (Å²) in [6.45, 7) is 4.67. The molecule has 142 valence electrons. The molecule has 2 aromatic carbocycles. The van der Waals surface area contributed by atoms with Gasteiger partial charge in [-0.3, -0.25) is 9.59 Å². The Morgan fingerprint density at radius 1 is 1.07 bits per heavy atom. The first kappa shape index (κ1) is 17.0. The quantitative estimate of drug-likeness (QED) is 0.749. The molecule has 5 nitrogen and oxygen atoms in total. The van der Waals surface area contributed by atoms with Gasteiger partial charge in [-0.1, -0.05) is 48.0 Å². The Bertz CT molecular complexity index is 1080. The SMILES string of the molecule is Cc1ccc(CN2CC(=O)N3[C@H](Cc4c([nH]c5ccccc45)[C@H]3C)C2=O)cc1. The van der Waals surface area contributed by atoms with Gasteiger partial charge in [0.15, 0.2) is 0 Å². The second-order valence-corrected chi connectivity index (χ2v) is 7.94. The Morgan fingerprint density at radius 3 is 2.61 bits per heavy atom. The number of nitrogens with zero attached hydrogens (tertiary/aromatic N) is 2. The number of piperazine rings is 1. The topological polar surface area (TPSA) is 56.4 Å². The number of carbonyl (C=O) groups excluding carboxylic acids is 2. The van der Waals surface area contributed by atoms with Crippen LogP contribution in [-0.2, 0) is 22.6 Å². The van der Waals surface area contributed by atoms with E-state index in [1.807, 2.05) is 56.3 Å². The van der Waals surface area contributed by atoms with Crippen LogP contribution in [0.3, 0.4) is 0 Å². The van der Waals surface area contributed by atoms with E-state index in [1.54, 1.807) is 9.80 Å². The lowest BCUT2D eigenvalue weighted by atomic mass is 9.90. The van der Waals surface area contributed by atoms with E-state index >= 15 is 0 Å². The molecule has 0 aliphatic carbocycles. The van der Waals surface area contributed by atoms with E-state index in [2.05, 4.69) is 11.1 Å². The maximum absolute atomic E-state index is 13.3. The standard InChI is InChI=1S/C23H23N3O2/c1-14-7-9-16(10-8-14)12-25-13-21(27)26-15(2)22-18(11-20(26)23(25)28)17-5-3-4-6-19(17)24-22/h3-10,15,20,24H,11-13H2,1-2H3/t15-,20-/m1/s1. The smallest absolute Gasteiger partial charge is 0.246 e. The number of aryl methyl sites for hydroxylation is 1. The van der Waals surface area contributed by atoms with Gasteiger partial charge in [-0.05, 0) is 31.0 Å². The number of aromatic nitrogens is 1. The monoisotopic (exact) mass is 373 g/mol. The van der Waals surface area contributed by atoms with Crippen molar-refractivity contribution in [2.24, 2.45) is 0 Å². The average molecular weight is 373 g/mol. The zero-order valence-electron chi connectivity index (χ0n) is 16.1. The van der Waals surface area contributed by atoms with Gasteiger partial charge in [-0.15, -0.1) is 0 Å². The molecule has 5 rings (SSSR count). The molecule has 0 unspecified atom stereocenters. The van der Waals surface area contributed by atoms with Crippen molar-refractivity contribution in [3.05, 3.63) is 70.9 Å². The van der Waals surface area contributed by atoms with E-state index in [0.29, 0.717) is 13.0 Å². The van der Waals surface area contributed by atoms with Gasteiger partial charge in [0.25, 0.3) is 0 Å². The van der Waals surface area contributed by atoms with Crippen molar-refractivity contribution in [3.8, 4) is 0 Å². The first-order valence-electron chi connectivity index (χ1n) is 9.78. The lowest BCUT2D eigenvalue weighted by molar-refractivity contribution is -0.159. The highest BCUT2D eigenvalue weighted by molar-refractivity contribution is 5.97. The molecule has 3 heterocycles. The van der Waals surface area contributed by atoms with E-state index in [-0.39, 0.29) is 24.4 Å². The molecule has 0 spiro atoms. The summed E-state index contributed by atoms with van der Waals surface area (Å²) in [7, 11) is 0. The van der Waals surface area contributed by atoms with Gasteiger partial charge in [0.05, 0.1) is 6.04 Å². The van der Waals surface area contributed by atoms with Crippen molar-refractivity contribution < 1.29 is 9.59 Å². The largest absolute Gasteiger partial charge is 0.356 e. The van der Waals surface area contributed by atoms with Crippen LogP contribution in [0.15, 0.2) is 48.5 Å². The Labute approximate surface area is 163 Å². The number of fused-ring (bicyclic) bond motifs is 4. The molecule has 5 heteroatoms. The van der Waals surface area contributed by atoms with Crippen LogP contribution < -0.4 is 0 Å². The van der Waals surface area contributed by atoms with E-state index in [1.165, 1.54) is 11.1 Å². The minimum atomic E-state index is -0.423. The van der Waals surface area contributed by atoms with Crippen molar-refractivity contribution in [2.75, 3.05) is 6.54 Å². The van der Waals surface area contributed by atoms with E-state index in [0.717, 1.165) is 22.2 Å². The molecule has 0 radical (unpaired) electrons. The Morgan fingerprint density at radius 2 is 1.82 bits per heavy atom. The minimum Gasteiger partial charge on any atom is -0.356 e. The summed E-state index contributed by atoms with van der Waals surface area (Å²) in [6, 6.07) is 15.7. The number of nitrogens with one attached hydrogen (secondary N) is 1. The second-order valence-electron chi connectivity index (χ2n) is 7.94. The summed E-state index contributed by atoms with van der Waals surface area (Å²) in [5.41, 5.74) is 5.53. The molecule has 0 saturated carbocycles. The molecule has 2 aliphatic heterocycles. The molecule has 2 atom stereocenters. The van der Waals surface area contributed by atoms with Crippen molar-refractivity contribution in [1.82, 2.24) is 14.8 Å². The first-order chi connectivity index (χ1) is 13.5. The van der Waals surface area contributed by atoms with E-state index < -0.39 is 6.04 Å². The number of rotatable bonds is 2. The van der Waals surface area contributed by atoms with Gasteiger partial charge in [0, 0.05) is 29.6 Å². The molecule has 1 saturated heterocycles. The molecular formula is C23H23N3O2. The summed E-state index contributed by atoms with van der Waals surface area (Å²) in [6.07, 6.45) is 0.568. The molecule has 2 amide bonds. The van der Waals surface area contributed by atoms with Crippen LogP contribution in [0.25, 0.3) is 10.9 Å². The van der Waals surface area contributed by atoms with Crippen molar-refractivity contribution in [2.45, 2.75) is 38.9 Å². The number of hydrogen-bond acceptors (Lipinski definition) is 2. The molecule has 1 N–H and O–H groups in total. The number of amides is 2. The highest BCUT2D eigenvalue weighted by Crippen LogP contribution is 2.39. The number of carbonyl (C=O) groups is 2. The summed E-state index contributed by atoms with van der Waals surface area (Å²) in [4.78, 5) is 33.3. The highest BCUT2D eigenvalue weighted by atomic mass is 16.2. The fourth-order valence-electron chi connectivity index (χ4n) is 4.68. The zero-order chi connectivity index (χ0) is 19.4. The van der Waals surface area contributed by atoms with Crippen LogP contribution in [0.2, 0.25) is 0 Å². The lowest BCUT2D eigenvalue weighted by Crippen LogP contribution is -2.62. The minimum absolute atomic E-state index is 0.0218. The Balaban J connectivity index is 1.49. The average Bonchev–Trinajstić information content (AvgIpc) is 3.07. The first-order valence-corrected chi connectivity index (χ1v) is 9.78. The number of aromatic amines is 1. The predicted octanol–water partition coefficient (Wildman–Crippen LogP) is 3.33. The number of hydrogen-bond donors (Lipinski definition) is 1. The van der Waals surface area contributed by atoms with Gasteiger partial charge in [-0.2, -0.15) is 0 Å². The maximum Gasteiger partial charge on any atom is 0.246 e. The fraction of sp³-hybridized carbons (Fsp3) is 0.304. The van der Waals surface area contributed by atoms with Crippen molar-refractivity contribution in [3.63, 3.8) is 0 Å². The van der Waals surface area contributed by atoms with Gasteiger partial charge in [0.1, 0.15) is 12.6 Å². The Kier molecular flexibility index (Phi) is 3.79.